The predicted octanol–water partition coefficient (Wildman–Crippen LogP) is 7.11. The van der Waals surface area contributed by atoms with Crippen molar-refractivity contribution in [2.24, 2.45) is 0 Å². The van der Waals surface area contributed by atoms with Crippen LogP contribution in [0.25, 0.3) is 0 Å². The summed E-state index contributed by atoms with van der Waals surface area (Å²) in [5.74, 6) is -0.473. The number of carbonyl (C=O) groups excluding carboxylic acids is 1. The zero-order valence-electron chi connectivity index (χ0n) is 18.9. The largest absolute Gasteiger partial charge is 0.416 e. The number of fused-ring (bicyclic) bond motifs is 1. The third-order valence-electron chi connectivity index (χ3n) is 6.34. The van der Waals surface area contributed by atoms with Gasteiger partial charge in [0, 0.05) is 12.8 Å². The first-order chi connectivity index (χ1) is 16.3. The molecule has 0 bridgehead atoms. The molecule has 1 aliphatic rings. The monoisotopic (exact) mass is 495 g/mol. The second-order valence-electron chi connectivity index (χ2n) is 9.31. The zero-order chi connectivity index (χ0) is 25.6. The molecule has 4 rings (SSSR count). The summed E-state index contributed by atoms with van der Waals surface area (Å²) >= 11 is 0. The van der Waals surface area contributed by atoms with E-state index in [1.807, 2.05) is 0 Å². The van der Waals surface area contributed by atoms with E-state index in [4.69, 9.17) is 0 Å². The normalized spacial score (nSPS) is 18.6. The number of ketones is 1. The number of carbonyl (C=O) groups is 1. The van der Waals surface area contributed by atoms with E-state index in [2.05, 4.69) is 10.4 Å². The quantitative estimate of drug-likeness (QED) is 0.303. The average molecular weight is 495 g/mol. The van der Waals surface area contributed by atoms with Crippen molar-refractivity contribution in [2.75, 3.05) is 5.32 Å². The van der Waals surface area contributed by atoms with Crippen LogP contribution in [0.5, 0.6) is 0 Å². The molecule has 2 atom stereocenters. The van der Waals surface area contributed by atoms with Crippen molar-refractivity contribution in [3.8, 4) is 0 Å². The van der Waals surface area contributed by atoms with Gasteiger partial charge in [0.15, 0.2) is 11.8 Å². The van der Waals surface area contributed by atoms with E-state index in [1.165, 1.54) is 12.1 Å². The van der Waals surface area contributed by atoms with Crippen molar-refractivity contribution in [3.05, 3.63) is 83.0 Å². The van der Waals surface area contributed by atoms with Crippen LogP contribution in [0.4, 0.5) is 32.2 Å². The lowest BCUT2D eigenvalue weighted by Gasteiger charge is -2.34. The molecule has 10 heteroatoms. The maximum Gasteiger partial charge on any atom is 0.416 e. The van der Waals surface area contributed by atoms with E-state index < -0.39 is 41.2 Å². The van der Waals surface area contributed by atoms with E-state index in [0.717, 1.165) is 23.0 Å². The highest BCUT2D eigenvalue weighted by molar-refractivity contribution is 6.01. The molecule has 2 unspecified atom stereocenters. The number of hydrogen-bond acceptors (Lipinski definition) is 3. The van der Waals surface area contributed by atoms with Gasteiger partial charge < -0.3 is 5.32 Å². The lowest BCUT2D eigenvalue weighted by molar-refractivity contribution is -0.173. The fourth-order valence-electron chi connectivity index (χ4n) is 4.38. The topological polar surface area (TPSA) is 46.9 Å². The second-order valence-corrected chi connectivity index (χ2v) is 9.31. The van der Waals surface area contributed by atoms with Crippen molar-refractivity contribution >= 4 is 11.6 Å². The fourth-order valence-corrected chi connectivity index (χ4v) is 4.38. The fraction of sp³-hybridized carbons (Fsp3) is 0.360. The molecule has 4 nitrogen and oxygen atoms in total. The minimum absolute atomic E-state index is 0.0133. The Balaban J connectivity index is 1.63. The highest BCUT2D eigenvalue weighted by Crippen LogP contribution is 2.45. The number of Topliss-reactive ketones (excluding diaryl/α,β-unsaturated/α-hetero) is 1. The Hall–Kier alpha value is -3.30. The van der Waals surface area contributed by atoms with Gasteiger partial charge in [-0.15, -0.1) is 0 Å². The molecule has 0 saturated carbocycles. The molecule has 3 aromatic rings. The molecule has 1 aromatic heterocycles. The summed E-state index contributed by atoms with van der Waals surface area (Å²) in [6.45, 7) is 3.39. The maximum atomic E-state index is 13.9. The minimum atomic E-state index is -4.57. The Morgan fingerprint density at radius 3 is 2.14 bits per heavy atom. The molecule has 2 heterocycles. The molecule has 2 aromatic carbocycles. The molecule has 35 heavy (non-hydrogen) atoms. The Labute approximate surface area is 198 Å². The number of aromatic nitrogens is 2. The molecule has 0 fully saturated rings. The summed E-state index contributed by atoms with van der Waals surface area (Å²) in [5.41, 5.74) is -0.503. The average Bonchev–Trinajstić information content (AvgIpc) is 3.22. The highest BCUT2D eigenvalue weighted by atomic mass is 19.4. The first-order valence-corrected chi connectivity index (χ1v) is 10.9. The van der Waals surface area contributed by atoms with Gasteiger partial charge in [0.2, 0.25) is 0 Å². The Bertz CT molecular complexity index is 1200. The lowest BCUT2D eigenvalue weighted by Crippen LogP contribution is -2.36. The molecule has 0 amide bonds. The van der Waals surface area contributed by atoms with Gasteiger partial charge in [-0.25, -0.2) is 4.68 Å². The summed E-state index contributed by atoms with van der Waals surface area (Å²) in [6.07, 6.45) is -8.35. The van der Waals surface area contributed by atoms with Crippen LogP contribution >= 0.6 is 0 Å². The van der Waals surface area contributed by atoms with Crippen LogP contribution < -0.4 is 5.32 Å². The van der Waals surface area contributed by atoms with Gasteiger partial charge in [-0.1, -0.05) is 56.3 Å². The number of anilines is 1. The Kier molecular flexibility index (Phi) is 6.19. The summed E-state index contributed by atoms with van der Waals surface area (Å²) in [4.78, 5) is 13.2. The SMILES string of the molecule is CC(C)(CC(=O)c1cnn2c1NC(c1ccccc1)CC2C(F)(F)F)c1ccc(C(F)(F)F)cc1. The second kappa shape index (κ2) is 8.73. The summed E-state index contributed by atoms with van der Waals surface area (Å²) < 4.78 is 81.1. The smallest absolute Gasteiger partial charge is 0.363 e. The van der Waals surface area contributed by atoms with Crippen LogP contribution in [0.3, 0.4) is 0 Å². The first-order valence-electron chi connectivity index (χ1n) is 10.9. The highest BCUT2D eigenvalue weighted by Gasteiger charge is 2.47. The number of nitrogens with zero attached hydrogens (tertiary/aromatic N) is 2. The third-order valence-corrected chi connectivity index (χ3v) is 6.34. The van der Waals surface area contributed by atoms with Crippen LogP contribution in [0.1, 0.15) is 65.8 Å². The number of benzene rings is 2. The molecular formula is C25H23F6N3O. The Morgan fingerprint density at radius 2 is 1.57 bits per heavy atom. The minimum Gasteiger partial charge on any atom is -0.363 e. The maximum absolute atomic E-state index is 13.9. The molecule has 186 valence electrons. The van der Waals surface area contributed by atoms with Gasteiger partial charge in [-0.2, -0.15) is 31.4 Å². The van der Waals surface area contributed by atoms with Gasteiger partial charge in [-0.05, 0) is 28.7 Å². The van der Waals surface area contributed by atoms with Crippen molar-refractivity contribution in [1.29, 1.82) is 0 Å². The summed E-state index contributed by atoms with van der Waals surface area (Å²) in [6, 6.07) is 10.6. The van der Waals surface area contributed by atoms with Crippen LogP contribution in [-0.2, 0) is 11.6 Å². The molecule has 1 N–H and O–H groups in total. The van der Waals surface area contributed by atoms with Crippen LogP contribution in [-0.4, -0.2) is 21.7 Å². The summed E-state index contributed by atoms with van der Waals surface area (Å²) in [7, 11) is 0. The first kappa shape index (κ1) is 24.8. The van der Waals surface area contributed by atoms with Gasteiger partial charge in [-0.3, -0.25) is 4.79 Å². The van der Waals surface area contributed by atoms with Crippen LogP contribution in [0.15, 0.2) is 60.8 Å². The molecule has 1 aliphatic heterocycles. The predicted molar refractivity (Wildman–Crippen MR) is 118 cm³/mol. The molecule has 0 saturated heterocycles. The van der Waals surface area contributed by atoms with Crippen LogP contribution in [0, 0.1) is 0 Å². The van der Waals surface area contributed by atoms with E-state index in [9.17, 15) is 31.1 Å². The number of rotatable bonds is 5. The molecule has 0 aliphatic carbocycles. The molecular weight excluding hydrogens is 472 g/mol. The Morgan fingerprint density at radius 1 is 0.971 bits per heavy atom. The third kappa shape index (κ3) is 5.06. The van der Waals surface area contributed by atoms with Gasteiger partial charge >= 0.3 is 12.4 Å². The van der Waals surface area contributed by atoms with Crippen molar-refractivity contribution in [1.82, 2.24) is 9.78 Å². The van der Waals surface area contributed by atoms with Gasteiger partial charge in [0.05, 0.1) is 23.4 Å². The van der Waals surface area contributed by atoms with Crippen molar-refractivity contribution in [3.63, 3.8) is 0 Å². The lowest BCUT2D eigenvalue weighted by atomic mass is 9.79. The zero-order valence-corrected chi connectivity index (χ0v) is 18.9. The van der Waals surface area contributed by atoms with Gasteiger partial charge in [0.25, 0.3) is 0 Å². The van der Waals surface area contributed by atoms with Gasteiger partial charge in [0.1, 0.15) is 5.82 Å². The van der Waals surface area contributed by atoms with Crippen molar-refractivity contribution in [2.45, 2.75) is 56.5 Å². The van der Waals surface area contributed by atoms with Crippen molar-refractivity contribution < 1.29 is 31.1 Å². The van der Waals surface area contributed by atoms with E-state index in [-0.39, 0.29) is 24.2 Å². The standard InChI is InChI=1S/C25H23F6N3O/c1-23(2,16-8-10-17(11-9-16)24(26,27)28)13-20(35)18-14-32-34-21(25(29,30)31)12-19(33-22(18)34)15-6-4-3-5-7-15/h3-11,14,19,21,33H,12-13H2,1-2H3. The van der Waals surface area contributed by atoms with E-state index in [1.54, 1.807) is 44.2 Å². The number of nitrogens with one attached hydrogen (secondary N) is 1. The van der Waals surface area contributed by atoms with E-state index in [0.29, 0.717) is 11.1 Å². The summed E-state index contributed by atoms with van der Waals surface area (Å²) in [5, 5.41) is 6.93. The molecule has 0 spiro atoms. The number of hydrogen-bond donors (Lipinski definition) is 1. The van der Waals surface area contributed by atoms with E-state index >= 15 is 0 Å². The number of halogens is 6. The van der Waals surface area contributed by atoms with Crippen LogP contribution in [0.2, 0.25) is 0 Å². The molecule has 0 radical (unpaired) electrons. The number of alkyl halides is 6.